The van der Waals surface area contributed by atoms with Crippen molar-refractivity contribution >= 4 is 5.78 Å². The summed E-state index contributed by atoms with van der Waals surface area (Å²) in [7, 11) is 6.14. The molecule has 0 N–H and O–H groups in total. The normalized spacial score (nSPS) is 10.3. The number of carbonyl (C=O) groups is 1. The second kappa shape index (κ2) is 6.21. The monoisotopic (exact) mass is 292 g/mol. The van der Waals surface area contributed by atoms with Gasteiger partial charge < -0.3 is 14.2 Å². The van der Waals surface area contributed by atoms with Crippen molar-refractivity contribution in [2.24, 2.45) is 7.05 Å². The first-order valence-electron chi connectivity index (χ1n) is 6.15. The number of nitrogens with zero attached hydrogens (tertiary/aromatic N) is 4. The van der Waals surface area contributed by atoms with Gasteiger partial charge in [-0.15, -0.1) is 10.2 Å². The van der Waals surface area contributed by atoms with Crippen LogP contribution in [0, 0.1) is 0 Å². The maximum Gasteiger partial charge on any atom is 0.182 e. The number of rotatable bonds is 6. The van der Waals surface area contributed by atoms with Crippen LogP contribution in [0.25, 0.3) is 0 Å². The number of methoxy groups -OCH3 is 3. The van der Waals surface area contributed by atoms with E-state index >= 15 is 0 Å². The third-order valence-corrected chi connectivity index (χ3v) is 2.87. The standard InChI is InChI=1S/C13H16N4O4/c1-17-15-13(14-16-17)6-9(18)8-5-11(20-3)12(21-4)7-10(8)19-2/h5,7H,6H2,1-4H3. The highest BCUT2D eigenvalue weighted by molar-refractivity contribution is 6.00. The number of Topliss-reactive ketones (excluding diaryl/α,β-unsaturated/α-hetero) is 1. The molecule has 1 aromatic heterocycles. The molecule has 0 unspecified atom stereocenters. The van der Waals surface area contributed by atoms with Crippen molar-refractivity contribution < 1.29 is 19.0 Å². The van der Waals surface area contributed by atoms with Crippen LogP contribution in [0.3, 0.4) is 0 Å². The summed E-state index contributed by atoms with van der Waals surface area (Å²) >= 11 is 0. The summed E-state index contributed by atoms with van der Waals surface area (Å²) in [6.07, 6.45) is 0.0275. The highest BCUT2D eigenvalue weighted by atomic mass is 16.5. The fraction of sp³-hybridized carbons (Fsp3) is 0.385. The molecule has 1 aromatic carbocycles. The van der Waals surface area contributed by atoms with Crippen LogP contribution >= 0.6 is 0 Å². The first-order valence-corrected chi connectivity index (χ1v) is 6.15. The first kappa shape index (κ1) is 14.8. The van der Waals surface area contributed by atoms with Crippen LogP contribution in [-0.2, 0) is 13.5 Å². The molecule has 8 heteroatoms. The molecule has 0 aliphatic carbocycles. The number of ether oxygens (including phenoxy) is 3. The second-order valence-corrected chi connectivity index (χ2v) is 4.20. The van der Waals surface area contributed by atoms with Crippen molar-refractivity contribution in [1.29, 1.82) is 0 Å². The largest absolute Gasteiger partial charge is 0.496 e. The van der Waals surface area contributed by atoms with Gasteiger partial charge in [0.2, 0.25) is 0 Å². The van der Waals surface area contributed by atoms with E-state index in [9.17, 15) is 4.79 Å². The predicted molar refractivity (Wildman–Crippen MR) is 72.9 cm³/mol. The molecule has 0 amide bonds. The maximum atomic E-state index is 12.4. The van der Waals surface area contributed by atoms with Gasteiger partial charge in [0.25, 0.3) is 0 Å². The zero-order valence-electron chi connectivity index (χ0n) is 12.3. The van der Waals surface area contributed by atoms with Gasteiger partial charge in [0, 0.05) is 6.07 Å². The van der Waals surface area contributed by atoms with Crippen LogP contribution < -0.4 is 14.2 Å². The molecule has 0 fully saturated rings. The summed E-state index contributed by atoms with van der Waals surface area (Å²) in [6.45, 7) is 0. The number of aryl methyl sites for hydroxylation is 1. The van der Waals surface area contributed by atoms with Crippen molar-refractivity contribution in [2.45, 2.75) is 6.42 Å². The van der Waals surface area contributed by atoms with Gasteiger partial charge in [-0.2, -0.15) is 4.80 Å². The quantitative estimate of drug-likeness (QED) is 0.723. The molecule has 1 heterocycles. The van der Waals surface area contributed by atoms with Crippen molar-refractivity contribution in [3.8, 4) is 17.2 Å². The maximum absolute atomic E-state index is 12.4. The van der Waals surface area contributed by atoms with Gasteiger partial charge in [-0.25, -0.2) is 0 Å². The summed E-state index contributed by atoms with van der Waals surface area (Å²) < 4.78 is 15.6. The Kier molecular flexibility index (Phi) is 4.36. The first-order chi connectivity index (χ1) is 10.1. The van der Waals surface area contributed by atoms with Gasteiger partial charge in [0.15, 0.2) is 23.1 Å². The molecule has 2 aromatic rings. The molecule has 0 saturated carbocycles. The smallest absolute Gasteiger partial charge is 0.182 e. The Morgan fingerprint density at radius 3 is 2.24 bits per heavy atom. The highest BCUT2D eigenvalue weighted by Gasteiger charge is 2.19. The second-order valence-electron chi connectivity index (χ2n) is 4.20. The van der Waals surface area contributed by atoms with E-state index in [1.54, 1.807) is 19.2 Å². The molecular weight excluding hydrogens is 276 g/mol. The average molecular weight is 292 g/mol. The van der Waals surface area contributed by atoms with E-state index in [4.69, 9.17) is 14.2 Å². The minimum absolute atomic E-state index is 0.0275. The van der Waals surface area contributed by atoms with Gasteiger partial charge in [-0.1, -0.05) is 0 Å². The lowest BCUT2D eigenvalue weighted by molar-refractivity contribution is 0.0987. The molecule has 0 aliphatic heterocycles. The lowest BCUT2D eigenvalue weighted by Gasteiger charge is -2.13. The summed E-state index contributed by atoms with van der Waals surface area (Å²) in [5.74, 6) is 1.50. The van der Waals surface area contributed by atoms with Crippen LogP contribution in [0.1, 0.15) is 16.2 Å². The van der Waals surface area contributed by atoms with E-state index < -0.39 is 0 Å². The molecule has 112 valence electrons. The van der Waals surface area contributed by atoms with Crippen LogP contribution in [0.15, 0.2) is 12.1 Å². The fourth-order valence-electron chi connectivity index (χ4n) is 1.88. The van der Waals surface area contributed by atoms with Gasteiger partial charge in [0.05, 0.1) is 40.4 Å². The summed E-state index contributed by atoms with van der Waals surface area (Å²) in [5.41, 5.74) is 0.377. The van der Waals surface area contributed by atoms with Gasteiger partial charge >= 0.3 is 0 Å². The average Bonchev–Trinajstić information content (AvgIpc) is 2.90. The van der Waals surface area contributed by atoms with Crippen LogP contribution in [0.2, 0.25) is 0 Å². The molecule has 8 nitrogen and oxygen atoms in total. The topological polar surface area (TPSA) is 88.4 Å². The van der Waals surface area contributed by atoms with Crippen molar-refractivity contribution in [1.82, 2.24) is 20.2 Å². The van der Waals surface area contributed by atoms with E-state index in [1.165, 1.54) is 26.1 Å². The molecule has 21 heavy (non-hydrogen) atoms. The van der Waals surface area contributed by atoms with Gasteiger partial charge in [0.1, 0.15) is 5.75 Å². The molecule has 0 spiro atoms. The lowest BCUT2D eigenvalue weighted by Crippen LogP contribution is -2.08. The van der Waals surface area contributed by atoms with Gasteiger partial charge in [-0.3, -0.25) is 4.79 Å². The number of ketones is 1. The van der Waals surface area contributed by atoms with E-state index in [-0.39, 0.29) is 12.2 Å². The van der Waals surface area contributed by atoms with E-state index in [1.807, 2.05) is 0 Å². The van der Waals surface area contributed by atoms with Crippen LogP contribution in [-0.4, -0.2) is 47.3 Å². The molecule has 0 saturated heterocycles. The number of hydrogen-bond acceptors (Lipinski definition) is 7. The Labute approximate surface area is 121 Å². The predicted octanol–water partition coefficient (Wildman–Crippen LogP) is 0.661. The Morgan fingerprint density at radius 1 is 1.10 bits per heavy atom. The van der Waals surface area contributed by atoms with E-state index in [0.29, 0.717) is 28.6 Å². The number of tetrazole rings is 1. The van der Waals surface area contributed by atoms with E-state index in [0.717, 1.165) is 0 Å². The highest BCUT2D eigenvalue weighted by Crippen LogP contribution is 2.35. The van der Waals surface area contributed by atoms with Crippen molar-refractivity contribution in [2.75, 3.05) is 21.3 Å². The SMILES string of the molecule is COc1cc(OC)c(C(=O)Cc2nnn(C)n2)cc1OC. The number of aromatic nitrogens is 4. The summed E-state index contributed by atoms with van der Waals surface area (Å²) in [4.78, 5) is 13.7. The van der Waals surface area contributed by atoms with Crippen LogP contribution in [0.5, 0.6) is 17.2 Å². The third kappa shape index (κ3) is 3.10. The Bertz CT molecular complexity index is 654. The summed E-state index contributed by atoms with van der Waals surface area (Å²) in [6, 6.07) is 3.19. The molecule has 0 atom stereocenters. The minimum Gasteiger partial charge on any atom is -0.496 e. The number of benzene rings is 1. The van der Waals surface area contributed by atoms with Gasteiger partial charge in [-0.05, 0) is 11.3 Å². The molecule has 0 radical (unpaired) electrons. The minimum atomic E-state index is -0.194. The molecular formula is C13H16N4O4. The van der Waals surface area contributed by atoms with E-state index in [2.05, 4.69) is 15.4 Å². The zero-order chi connectivity index (χ0) is 15.4. The Hall–Kier alpha value is -2.64. The third-order valence-electron chi connectivity index (χ3n) is 2.87. The number of carbonyl (C=O) groups excluding carboxylic acids is 1. The Morgan fingerprint density at radius 2 is 1.71 bits per heavy atom. The fourth-order valence-corrected chi connectivity index (χ4v) is 1.88. The van der Waals surface area contributed by atoms with Crippen LogP contribution in [0.4, 0.5) is 0 Å². The van der Waals surface area contributed by atoms with Crippen molar-refractivity contribution in [3.05, 3.63) is 23.5 Å². The summed E-state index contributed by atoms with van der Waals surface area (Å²) in [5, 5.41) is 11.5. The number of hydrogen-bond donors (Lipinski definition) is 0. The molecule has 0 bridgehead atoms. The molecule has 0 aliphatic rings. The Balaban J connectivity index is 2.34. The molecule has 2 rings (SSSR count). The van der Waals surface area contributed by atoms with Crippen molar-refractivity contribution in [3.63, 3.8) is 0 Å². The zero-order valence-corrected chi connectivity index (χ0v) is 12.3. The lowest BCUT2D eigenvalue weighted by atomic mass is 10.1.